The topological polar surface area (TPSA) is 74.3 Å². The summed E-state index contributed by atoms with van der Waals surface area (Å²) in [6, 6.07) is 11.5. The molecule has 0 bridgehead atoms. The minimum Gasteiger partial charge on any atom is -0.355 e. The van der Waals surface area contributed by atoms with Crippen LogP contribution >= 0.6 is 11.3 Å². The molecule has 2 amide bonds. The van der Waals surface area contributed by atoms with Crippen molar-refractivity contribution < 1.29 is 9.59 Å². The van der Waals surface area contributed by atoms with Crippen molar-refractivity contribution in [2.75, 3.05) is 28.6 Å². The first-order valence-corrected chi connectivity index (χ1v) is 11.2. The molecule has 1 fully saturated rings. The van der Waals surface area contributed by atoms with Gasteiger partial charge in [-0.2, -0.15) is 0 Å². The summed E-state index contributed by atoms with van der Waals surface area (Å²) in [4.78, 5) is 32.3. The molecule has 1 atom stereocenters. The van der Waals surface area contributed by atoms with Gasteiger partial charge in [-0.05, 0) is 55.7 Å². The van der Waals surface area contributed by atoms with Crippen molar-refractivity contribution in [2.45, 2.75) is 33.1 Å². The van der Waals surface area contributed by atoms with Gasteiger partial charge in [0.25, 0.3) is 0 Å². The number of hydrogen-bond donors (Lipinski definition) is 2. The van der Waals surface area contributed by atoms with Gasteiger partial charge in [0.2, 0.25) is 11.8 Å². The predicted molar refractivity (Wildman–Crippen MR) is 123 cm³/mol. The zero-order valence-electron chi connectivity index (χ0n) is 17.3. The average Bonchev–Trinajstić information content (AvgIpc) is 3.18. The third-order valence-electron chi connectivity index (χ3n) is 5.39. The Morgan fingerprint density at radius 1 is 1.17 bits per heavy atom. The number of benzene rings is 1. The lowest BCUT2D eigenvalue weighted by molar-refractivity contribution is -0.120. The standard InChI is InChI=1S/C23H26N4O2S/c1-3-19-13-20-21(30-19)10-11-24-22(20)27-12-4-5-16(14-27)23(29)26-18-8-6-17(7-9-18)25-15(2)28/h6-11,13,16H,3-5,12,14H2,1-2H3,(H,25,28)(H,26,29). The minimum atomic E-state index is -0.116. The highest BCUT2D eigenvalue weighted by Gasteiger charge is 2.27. The molecule has 3 heterocycles. The number of carbonyl (C=O) groups is 2. The highest BCUT2D eigenvalue weighted by atomic mass is 32.1. The molecule has 7 heteroatoms. The zero-order valence-corrected chi connectivity index (χ0v) is 18.1. The highest BCUT2D eigenvalue weighted by Crippen LogP contribution is 2.34. The number of amides is 2. The Bertz CT molecular complexity index is 1060. The van der Waals surface area contributed by atoms with Crippen molar-refractivity contribution in [2.24, 2.45) is 5.92 Å². The van der Waals surface area contributed by atoms with Gasteiger partial charge in [-0.3, -0.25) is 9.59 Å². The van der Waals surface area contributed by atoms with E-state index in [4.69, 9.17) is 0 Å². The van der Waals surface area contributed by atoms with Gasteiger partial charge in [-0.25, -0.2) is 4.98 Å². The molecule has 156 valence electrons. The van der Waals surface area contributed by atoms with Crippen molar-refractivity contribution in [3.63, 3.8) is 0 Å². The molecule has 4 rings (SSSR count). The van der Waals surface area contributed by atoms with Crippen LogP contribution in [0.4, 0.5) is 17.2 Å². The van der Waals surface area contributed by atoms with Crippen molar-refractivity contribution in [3.8, 4) is 0 Å². The quantitative estimate of drug-likeness (QED) is 0.626. The molecule has 1 aliphatic heterocycles. The molecule has 0 spiro atoms. The number of piperidine rings is 1. The number of aryl methyl sites for hydroxylation is 1. The molecule has 6 nitrogen and oxygen atoms in total. The third kappa shape index (κ3) is 4.46. The molecule has 0 radical (unpaired) electrons. The summed E-state index contributed by atoms with van der Waals surface area (Å²) in [7, 11) is 0. The van der Waals surface area contributed by atoms with Gasteiger partial charge >= 0.3 is 0 Å². The molecule has 2 aromatic heterocycles. The normalized spacial score (nSPS) is 16.5. The summed E-state index contributed by atoms with van der Waals surface area (Å²) < 4.78 is 1.25. The van der Waals surface area contributed by atoms with Gasteiger partial charge in [0, 0.05) is 52.5 Å². The molecule has 30 heavy (non-hydrogen) atoms. The molecule has 3 aromatic rings. The predicted octanol–water partition coefficient (Wildman–Crippen LogP) is 4.67. The van der Waals surface area contributed by atoms with E-state index in [1.165, 1.54) is 21.9 Å². The van der Waals surface area contributed by atoms with Gasteiger partial charge in [0.15, 0.2) is 0 Å². The number of thiophene rings is 1. The maximum atomic E-state index is 12.9. The monoisotopic (exact) mass is 422 g/mol. The summed E-state index contributed by atoms with van der Waals surface area (Å²) in [6.45, 7) is 5.22. The number of anilines is 3. The van der Waals surface area contributed by atoms with E-state index in [9.17, 15) is 9.59 Å². The van der Waals surface area contributed by atoms with Gasteiger partial charge in [-0.1, -0.05) is 6.92 Å². The fourth-order valence-corrected chi connectivity index (χ4v) is 4.89. The van der Waals surface area contributed by atoms with E-state index in [-0.39, 0.29) is 17.7 Å². The number of pyridine rings is 1. The molecular formula is C23H26N4O2S. The van der Waals surface area contributed by atoms with Crippen LogP contribution in [0.25, 0.3) is 10.1 Å². The molecule has 1 aliphatic rings. The fraction of sp³-hybridized carbons (Fsp3) is 0.348. The van der Waals surface area contributed by atoms with Crippen LogP contribution in [-0.4, -0.2) is 29.9 Å². The van der Waals surface area contributed by atoms with Crippen LogP contribution in [-0.2, 0) is 16.0 Å². The van der Waals surface area contributed by atoms with Crippen molar-refractivity contribution in [1.82, 2.24) is 4.98 Å². The lowest BCUT2D eigenvalue weighted by atomic mass is 9.96. The van der Waals surface area contributed by atoms with Gasteiger partial charge < -0.3 is 15.5 Å². The average molecular weight is 423 g/mol. The first kappa shape index (κ1) is 20.3. The fourth-order valence-electron chi connectivity index (χ4n) is 3.90. The second kappa shape index (κ2) is 8.83. The highest BCUT2D eigenvalue weighted by molar-refractivity contribution is 7.19. The number of nitrogens with zero attached hydrogens (tertiary/aromatic N) is 2. The number of nitrogens with one attached hydrogen (secondary N) is 2. The van der Waals surface area contributed by atoms with Crippen molar-refractivity contribution >= 4 is 50.4 Å². The molecule has 1 aromatic carbocycles. The molecule has 2 N–H and O–H groups in total. The van der Waals surface area contributed by atoms with E-state index in [1.54, 1.807) is 12.1 Å². The Morgan fingerprint density at radius 2 is 1.90 bits per heavy atom. The third-order valence-corrected chi connectivity index (χ3v) is 6.63. The Balaban J connectivity index is 1.45. The van der Waals surface area contributed by atoms with Gasteiger partial charge in [0.05, 0.1) is 5.92 Å². The Hall–Kier alpha value is -2.93. The van der Waals surface area contributed by atoms with E-state index in [1.807, 2.05) is 29.7 Å². The van der Waals surface area contributed by atoms with E-state index in [0.717, 1.165) is 37.3 Å². The molecule has 0 aliphatic carbocycles. The summed E-state index contributed by atoms with van der Waals surface area (Å²) in [5.74, 6) is 0.809. The lowest BCUT2D eigenvalue weighted by Gasteiger charge is -2.33. The van der Waals surface area contributed by atoms with Gasteiger partial charge in [0.1, 0.15) is 5.82 Å². The summed E-state index contributed by atoms with van der Waals surface area (Å²) in [6.07, 6.45) is 4.72. The van der Waals surface area contributed by atoms with E-state index in [0.29, 0.717) is 12.2 Å². The Kier molecular flexibility index (Phi) is 5.99. The number of rotatable bonds is 5. The van der Waals surface area contributed by atoms with Crippen LogP contribution in [0.5, 0.6) is 0 Å². The SMILES string of the molecule is CCc1cc2c(N3CCCC(C(=O)Nc4ccc(NC(C)=O)cc4)C3)nccc2s1. The van der Waals surface area contributed by atoms with Crippen molar-refractivity contribution in [3.05, 3.63) is 47.5 Å². The van der Waals surface area contributed by atoms with Crippen LogP contribution in [0.3, 0.4) is 0 Å². The minimum absolute atomic E-state index is 0.0266. The maximum absolute atomic E-state index is 12.9. The molecule has 1 saturated heterocycles. The van der Waals surface area contributed by atoms with Gasteiger partial charge in [-0.15, -0.1) is 11.3 Å². The number of aromatic nitrogens is 1. The summed E-state index contributed by atoms with van der Waals surface area (Å²) >= 11 is 1.82. The number of hydrogen-bond acceptors (Lipinski definition) is 5. The first-order chi connectivity index (χ1) is 14.5. The van der Waals surface area contributed by atoms with E-state index < -0.39 is 0 Å². The number of carbonyl (C=O) groups excluding carboxylic acids is 2. The van der Waals surface area contributed by atoms with Crippen LogP contribution in [0.2, 0.25) is 0 Å². The van der Waals surface area contributed by atoms with Crippen LogP contribution in [0.1, 0.15) is 31.6 Å². The largest absolute Gasteiger partial charge is 0.355 e. The van der Waals surface area contributed by atoms with E-state index in [2.05, 4.69) is 39.6 Å². The molecule has 1 unspecified atom stereocenters. The number of fused-ring (bicyclic) bond motifs is 1. The van der Waals surface area contributed by atoms with Crippen LogP contribution < -0.4 is 15.5 Å². The van der Waals surface area contributed by atoms with Crippen LogP contribution in [0.15, 0.2) is 42.6 Å². The zero-order chi connectivity index (χ0) is 21.1. The molecule has 0 saturated carbocycles. The lowest BCUT2D eigenvalue weighted by Crippen LogP contribution is -2.41. The first-order valence-electron chi connectivity index (χ1n) is 10.3. The van der Waals surface area contributed by atoms with Crippen LogP contribution in [0, 0.1) is 5.92 Å². The molecular weight excluding hydrogens is 396 g/mol. The second-order valence-electron chi connectivity index (χ2n) is 7.65. The summed E-state index contributed by atoms with van der Waals surface area (Å²) in [5.41, 5.74) is 1.45. The van der Waals surface area contributed by atoms with Crippen molar-refractivity contribution in [1.29, 1.82) is 0 Å². The Labute approximate surface area is 180 Å². The Morgan fingerprint density at radius 3 is 2.60 bits per heavy atom. The smallest absolute Gasteiger partial charge is 0.229 e. The second-order valence-corrected chi connectivity index (χ2v) is 8.81. The van der Waals surface area contributed by atoms with E-state index >= 15 is 0 Å². The maximum Gasteiger partial charge on any atom is 0.229 e. The summed E-state index contributed by atoms with van der Waals surface area (Å²) in [5, 5.41) is 6.94.